The maximum atomic E-state index is 11.8. The van der Waals surface area contributed by atoms with E-state index < -0.39 is 5.60 Å². The predicted molar refractivity (Wildman–Crippen MR) is 94.1 cm³/mol. The SMILES string of the molecule is O[C@](CCN1CCCCC1)(c1ccccc1)[C@@H]1C[C@H]2C=C[C@@H]1C2. The van der Waals surface area contributed by atoms with Gasteiger partial charge >= 0.3 is 0 Å². The standard InChI is InChI=1S/C21H29NO/c23-21(19-7-3-1-4-8-19,11-14-22-12-5-2-6-13-22)20-16-17-9-10-18(20)15-17/h1,3-4,7-10,17-18,20,23H,2,5-6,11-16H2/t17-,18+,20+,21+/m0/s1. The number of fused-ring (bicyclic) bond motifs is 2. The van der Waals surface area contributed by atoms with Crippen molar-refractivity contribution in [1.29, 1.82) is 0 Å². The summed E-state index contributed by atoms with van der Waals surface area (Å²) in [6.07, 6.45) is 12.0. The lowest BCUT2D eigenvalue weighted by atomic mass is 9.72. The van der Waals surface area contributed by atoms with E-state index in [1.807, 2.05) is 0 Å². The van der Waals surface area contributed by atoms with Gasteiger partial charge in [0.25, 0.3) is 0 Å². The average molecular weight is 311 g/mol. The van der Waals surface area contributed by atoms with E-state index in [4.69, 9.17) is 0 Å². The van der Waals surface area contributed by atoms with Gasteiger partial charge in [-0.15, -0.1) is 0 Å². The molecule has 2 heteroatoms. The third-order valence-corrected chi connectivity index (χ3v) is 6.42. The molecule has 0 spiro atoms. The maximum Gasteiger partial charge on any atom is 0.0942 e. The van der Waals surface area contributed by atoms with Crippen LogP contribution in [0, 0.1) is 17.8 Å². The molecule has 4 rings (SSSR count). The molecular formula is C21H29NO. The van der Waals surface area contributed by atoms with E-state index >= 15 is 0 Å². The zero-order valence-electron chi connectivity index (χ0n) is 14.0. The lowest BCUT2D eigenvalue weighted by Gasteiger charge is -2.40. The van der Waals surface area contributed by atoms with Crippen LogP contribution in [0.2, 0.25) is 0 Å². The molecule has 1 saturated heterocycles. The van der Waals surface area contributed by atoms with Crippen molar-refractivity contribution in [1.82, 2.24) is 4.90 Å². The fourth-order valence-corrected chi connectivity index (χ4v) is 5.11. The van der Waals surface area contributed by atoms with Crippen LogP contribution in [0.5, 0.6) is 0 Å². The summed E-state index contributed by atoms with van der Waals surface area (Å²) in [5.41, 5.74) is 0.464. The second-order valence-electron chi connectivity index (χ2n) is 7.83. The number of aliphatic hydroxyl groups is 1. The van der Waals surface area contributed by atoms with Gasteiger partial charge in [-0.05, 0) is 68.5 Å². The second kappa shape index (κ2) is 6.41. The van der Waals surface area contributed by atoms with E-state index in [9.17, 15) is 5.11 Å². The lowest BCUT2D eigenvalue weighted by Crippen LogP contribution is -2.42. The van der Waals surface area contributed by atoms with Crippen molar-refractivity contribution >= 4 is 0 Å². The Morgan fingerprint density at radius 1 is 1.00 bits per heavy atom. The Kier molecular flexibility index (Phi) is 4.29. The maximum absolute atomic E-state index is 11.8. The van der Waals surface area contributed by atoms with Gasteiger partial charge in [0.05, 0.1) is 5.60 Å². The van der Waals surface area contributed by atoms with Crippen LogP contribution in [-0.4, -0.2) is 29.6 Å². The summed E-state index contributed by atoms with van der Waals surface area (Å²) in [4.78, 5) is 2.56. The molecule has 2 aliphatic carbocycles. The third kappa shape index (κ3) is 2.99. The molecule has 0 aromatic heterocycles. The summed E-state index contributed by atoms with van der Waals surface area (Å²) >= 11 is 0. The molecule has 0 radical (unpaired) electrons. The summed E-state index contributed by atoms with van der Waals surface area (Å²) in [7, 11) is 0. The summed E-state index contributed by atoms with van der Waals surface area (Å²) in [5.74, 6) is 1.67. The predicted octanol–water partition coefficient (Wildman–Crippen LogP) is 3.96. The van der Waals surface area contributed by atoms with E-state index in [-0.39, 0.29) is 0 Å². The highest BCUT2D eigenvalue weighted by Crippen LogP contribution is 2.52. The number of piperidine rings is 1. The van der Waals surface area contributed by atoms with Crippen LogP contribution in [0.4, 0.5) is 0 Å². The molecule has 1 heterocycles. The minimum absolute atomic E-state index is 0.393. The van der Waals surface area contributed by atoms with Gasteiger partial charge in [-0.3, -0.25) is 0 Å². The Labute approximate surface area is 140 Å². The first-order chi connectivity index (χ1) is 11.3. The molecule has 1 aromatic carbocycles. The van der Waals surface area contributed by atoms with E-state index in [1.54, 1.807) is 0 Å². The fraction of sp³-hybridized carbons (Fsp3) is 0.619. The number of hydrogen-bond acceptors (Lipinski definition) is 2. The van der Waals surface area contributed by atoms with Crippen LogP contribution in [0.1, 0.15) is 44.1 Å². The topological polar surface area (TPSA) is 23.5 Å². The van der Waals surface area contributed by atoms with Gasteiger partial charge < -0.3 is 10.0 Å². The monoisotopic (exact) mass is 311 g/mol. The van der Waals surface area contributed by atoms with Crippen molar-refractivity contribution in [3.8, 4) is 0 Å². The van der Waals surface area contributed by atoms with E-state index in [0.717, 1.165) is 24.9 Å². The molecule has 1 aliphatic heterocycles. The van der Waals surface area contributed by atoms with Crippen LogP contribution < -0.4 is 0 Å². The number of nitrogens with zero attached hydrogens (tertiary/aromatic N) is 1. The van der Waals surface area contributed by atoms with Crippen molar-refractivity contribution in [2.75, 3.05) is 19.6 Å². The fourth-order valence-electron chi connectivity index (χ4n) is 5.11. The average Bonchev–Trinajstić information content (AvgIpc) is 3.25. The van der Waals surface area contributed by atoms with Crippen LogP contribution in [0.25, 0.3) is 0 Å². The van der Waals surface area contributed by atoms with Gasteiger partial charge in [0.2, 0.25) is 0 Å². The molecule has 3 aliphatic rings. The zero-order chi connectivity index (χ0) is 15.7. The van der Waals surface area contributed by atoms with E-state index in [1.165, 1.54) is 38.8 Å². The highest BCUT2D eigenvalue weighted by molar-refractivity contribution is 5.27. The van der Waals surface area contributed by atoms with Gasteiger partial charge in [0, 0.05) is 6.54 Å². The first-order valence-electron chi connectivity index (χ1n) is 9.44. The smallest absolute Gasteiger partial charge is 0.0942 e. The highest BCUT2D eigenvalue weighted by Gasteiger charge is 2.48. The van der Waals surface area contributed by atoms with Gasteiger partial charge in [0.15, 0.2) is 0 Å². The number of likely N-dealkylation sites (tertiary alicyclic amines) is 1. The number of hydrogen-bond donors (Lipinski definition) is 1. The van der Waals surface area contributed by atoms with Gasteiger partial charge in [-0.1, -0.05) is 48.9 Å². The number of allylic oxidation sites excluding steroid dienone is 2. The molecule has 23 heavy (non-hydrogen) atoms. The summed E-state index contributed by atoms with van der Waals surface area (Å²) in [6, 6.07) is 10.5. The largest absolute Gasteiger partial charge is 0.385 e. The Balaban J connectivity index is 1.55. The molecule has 124 valence electrons. The second-order valence-corrected chi connectivity index (χ2v) is 7.83. The molecule has 1 N–H and O–H groups in total. The molecule has 2 fully saturated rings. The number of benzene rings is 1. The minimum atomic E-state index is -0.664. The Hall–Kier alpha value is -1.12. The lowest BCUT2D eigenvalue weighted by molar-refractivity contribution is -0.0495. The van der Waals surface area contributed by atoms with Crippen molar-refractivity contribution in [3.63, 3.8) is 0 Å². The molecule has 0 unspecified atom stereocenters. The van der Waals surface area contributed by atoms with Crippen molar-refractivity contribution < 1.29 is 5.11 Å². The Morgan fingerprint density at radius 2 is 1.78 bits per heavy atom. The zero-order valence-corrected chi connectivity index (χ0v) is 14.0. The van der Waals surface area contributed by atoms with Crippen molar-refractivity contribution in [2.45, 2.75) is 44.1 Å². The summed E-state index contributed by atoms with van der Waals surface area (Å²) in [5, 5.41) is 11.8. The van der Waals surface area contributed by atoms with E-state index in [2.05, 4.69) is 47.4 Å². The molecule has 0 amide bonds. The normalized spacial score (nSPS) is 33.0. The van der Waals surface area contributed by atoms with Crippen molar-refractivity contribution in [2.24, 2.45) is 17.8 Å². The van der Waals surface area contributed by atoms with Crippen molar-refractivity contribution in [3.05, 3.63) is 48.0 Å². The first-order valence-corrected chi connectivity index (χ1v) is 9.44. The molecule has 2 bridgehead atoms. The van der Waals surface area contributed by atoms with E-state index in [0.29, 0.717) is 17.8 Å². The first kappa shape index (κ1) is 15.4. The molecule has 1 aromatic rings. The van der Waals surface area contributed by atoms with Crippen LogP contribution in [0.3, 0.4) is 0 Å². The quantitative estimate of drug-likeness (QED) is 0.832. The summed E-state index contributed by atoms with van der Waals surface area (Å²) < 4.78 is 0. The van der Waals surface area contributed by atoms with Gasteiger partial charge in [-0.25, -0.2) is 0 Å². The minimum Gasteiger partial charge on any atom is -0.385 e. The molecule has 2 nitrogen and oxygen atoms in total. The Bertz CT molecular complexity index is 548. The Morgan fingerprint density at radius 3 is 2.43 bits per heavy atom. The molecule has 4 atom stereocenters. The molecule has 1 saturated carbocycles. The van der Waals surface area contributed by atoms with Gasteiger partial charge in [-0.2, -0.15) is 0 Å². The number of rotatable bonds is 5. The molecular weight excluding hydrogens is 282 g/mol. The van der Waals surface area contributed by atoms with Crippen LogP contribution in [0.15, 0.2) is 42.5 Å². The van der Waals surface area contributed by atoms with Crippen LogP contribution >= 0.6 is 0 Å². The van der Waals surface area contributed by atoms with Gasteiger partial charge in [0.1, 0.15) is 0 Å². The highest BCUT2D eigenvalue weighted by atomic mass is 16.3. The third-order valence-electron chi connectivity index (χ3n) is 6.42. The van der Waals surface area contributed by atoms with Crippen LogP contribution in [-0.2, 0) is 5.60 Å². The summed E-state index contributed by atoms with van der Waals surface area (Å²) in [6.45, 7) is 3.45.